The van der Waals surface area contributed by atoms with Gasteiger partial charge >= 0.3 is 5.69 Å². The van der Waals surface area contributed by atoms with Crippen molar-refractivity contribution in [2.45, 2.75) is 11.4 Å². The summed E-state index contributed by atoms with van der Waals surface area (Å²) >= 11 is 0. The van der Waals surface area contributed by atoms with E-state index < -0.39 is 15.7 Å². The number of hydrogen-bond acceptors (Lipinski definition) is 5. The summed E-state index contributed by atoms with van der Waals surface area (Å²) in [6, 6.07) is 20.7. The Hall–Kier alpha value is -3.89. The molecule has 0 fully saturated rings. The first-order valence-corrected chi connectivity index (χ1v) is 12.1. The summed E-state index contributed by atoms with van der Waals surface area (Å²) in [4.78, 5) is 31.4. The van der Waals surface area contributed by atoms with Crippen LogP contribution in [0.15, 0.2) is 82.5 Å². The molecule has 0 aliphatic rings. The van der Waals surface area contributed by atoms with E-state index in [9.17, 15) is 18.0 Å². The highest BCUT2D eigenvalue weighted by molar-refractivity contribution is 7.92. The lowest BCUT2D eigenvalue weighted by molar-refractivity contribution is 0.0950. The van der Waals surface area contributed by atoms with Crippen LogP contribution in [0.25, 0.3) is 11.0 Å². The van der Waals surface area contributed by atoms with Crippen molar-refractivity contribution in [1.82, 2.24) is 20.2 Å². The molecule has 0 aliphatic heterocycles. The molecule has 4 aromatic rings. The van der Waals surface area contributed by atoms with E-state index in [1.807, 2.05) is 37.4 Å². The van der Waals surface area contributed by atoms with Crippen LogP contribution in [0.3, 0.4) is 0 Å². The van der Waals surface area contributed by atoms with E-state index in [4.69, 9.17) is 0 Å². The van der Waals surface area contributed by atoms with Crippen molar-refractivity contribution in [1.29, 1.82) is 0 Å². The van der Waals surface area contributed by atoms with Gasteiger partial charge in [0.2, 0.25) is 0 Å². The summed E-state index contributed by atoms with van der Waals surface area (Å²) in [6.07, 6.45) is 0. The molecule has 1 aromatic heterocycles. The lowest BCUT2D eigenvalue weighted by atomic mass is 10.1. The standard InChI is InChI=1S/C24H25N5O4S/c1-29(16-17-7-3-2-4-8-17)14-13-25-23(30)19-9-5-6-10-20(19)28-34(32,33)18-11-12-21-22(15-18)27-24(31)26-21/h2-12,15,28H,13-14,16H2,1H3,(H,25,30)(H2,26,27,31). The Balaban J connectivity index is 1.42. The predicted octanol–water partition coefficient (Wildman–Crippen LogP) is 2.52. The first-order chi connectivity index (χ1) is 16.3. The largest absolute Gasteiger partial charge is 0.351 e. The number of nitrogens with zero attached hydrogens (tertiary/aromatic N) is 1. The van der Waals surface area contributed by atoms with Crippen LogP contribution in [0, 0.1) is 0 Å². The van der Waals surface area contributed by atoms with Crippen LogP contribution < -0.4 is 15.7 Å². The number of fused-ring (bicyclic) bond motifs is 1. The van der Waals surface area contributed by atoms with Crippen LogP contribution in [0.4, 0.5) is 5.69 Å². The number of para-hydroxylation sites is 1. The van der Waals surface area contributed by atoms with Gasteiger partial charge in [-0.05, 0) is 42.9 Å². The number of imidazole rings is 1. The number of nitrogens with one attached hydrogen (secondary N) is 4. The lowest BCUT2D eigenvalue weighted by Gasteiger charge is -2.17. The zero-order chi connectivity index (χ0) is 24.1. The average Bonchev–Trinajstić information content (AvgIpc) is 3.19. The highest BCUT2D eigenvalue weighted by Gasteiger charge is 2.19. The normalized spacial score (nSPS) is 11.6. The van der Waals surface area contributed by atoms with Gasteiger partial charge in [0.25, 0.3) is 15.9 Å². The molecule has 0 radical (unpaired) electrons. The Kier molecular flexibility index (Phi) is 6.80. The van der Waals surface area contributed by atoms with Gasteiger partial charge in [0.05, 0.1) is 27.2 Å². The average molecular weight is 480 g/mol. The maximum Gasteiger partial charge on any atom is 0.323 e. The number of rotatable bonds is 9. The number of sulfonamides is 1. The minimum Gasteiger partial charge on any atom is -0.351 e. The summed E-state index contributed by atoms with van der Waals surface area (Å²) in [5.74, 6) is -0.378. The number of amides is 1. The van der Waals surface area contributed by atoms with Crippen LogP contribution in [0.5, 0.6) is 0 Å². The van der Waals surface area contributed by atoms with Gasteiger partial charge in [-0.3, -0.25) is 9.52 Å². The summed E-state index contributed by atoms with van der Waals surface area (Å²) < 4.78 is 28.4. The maximum atomic E-state index is 13.0. The molecule has 0 unspecified atom stereocenters. The van der Waals surface area contributed by atoms with Crippen molar-refractivity contribution in [2.24, 2.45) is 0 Å². The number of likely N-dealkylation sites (N-methyl/N-ethyl adjacent to an activating group) is 1. The molecule has 3 aromatic carbocycles. The number of carbonyl (C=O) groups is 1. The summed E-state index contributed by atoms with van der Waals surface area (Å²) in [5, 5.41) is 2.85. The molecule has 1 heterocycles. The fourth-order valence-electron chi connectivity index (χ4n) is 3.58. The van der Waals surface area contributed by atoms with Crippen molar-refractivity contribution in [3.8, 4) is 0 Å². The highest BCUT2D eigenvalue weighted by atomic mass is 32.2. The van der Waals surface area contributed by atoms with E-state index >= 15 is 0 Å². The molecule has 0 aliphatic carbocycles. The lowest BCUT2D eigenvalue weighted by Crippen LogP contribution is -2.33. The third-order valence-corrected chi connectivity index (χ3v) is 6.65. The quantitative estimate of drug-likeness (QED) is 0.293. The van der Waals surface area contributed by atoms with Crippen LogP contribution in [-0.2, 0) is 16.6 Å². The molecule has 9 nitrogen and oxygen atoms in total. The van der Waals surface area contributed by atoms with Gasteiger partial charge in [-0.15, -0.1) is 0 Å². The van der Waals surface area contributed by atoms with E-state index in [2.05, 4.69) is 24.9 Å². The Morgan fingerprint density at radius 2 is 1.65 bits per heavy atom. The minimum atomic E-state index is -3.99. The molecule has 34 heavy (non-hydrogen) atoms. The van der Waals surface area contributed by atoms with Gasteiger partial charge in [0.15, 0.2) is 0 Å². The summed E-state index contributed by atoms with van der Waals surface area (Å²) in [5.41, 5.74) is 2.01. The third kappa shape index (κ3) is 5.53. The number of carbonyl (C=O) groups excluding carboxylic acids is 1. The number of aromatic amines is 2. The number of H-pyrrole nitrogens is 2. The number of hydrogen-bond donors (Lipinski definition) is 4. The van der Waals surface area contributed by atoms with Gasteiger partial charge in [-0.25, -0.2) is 13.2 Å². The van der Waals surface area contributed by atoms with E-state index in [-0.39, 0.29) is 22.1 Å². The number of aromatic nitrogens is 2. The molecule has 0 saturated heterocycles. The molecule has 4 N–H and O–H groups in total. The fourth-order valence-corrected chi connectivity index (χ4v) is 4.69. The second-order valence-corrected chi connectivity index (χ2v) is 9.60. The topological polar surface area (TPSA) is 127 Å². The maximum absolute atomic E-state index is 13.0. The van der Waals surface area contributed by atoms with Crippen molar-refractivity contribution in [2.75, 3.05) is 24.9 Å². The van der Waals surface area contributed by atoms with E-state index in [1.54, 1.807) is 18.2 Å². The summed E-state index contributed by atoms with van der Waals surface area (Å²) in [7, 11) is -2.03. The molecule has 4 rings (SSSR count). The molecule has 0 atom stereocenters. The Labute approximate surface area is 196 Å². The Bertz CT molecular complexity index is 1460. The predicted molar refractivity (Wildman–Crippen MR) is 131 cm³/mol. The van der Waals surface area contributed by atoms with Gasteiger partial charge in [-0.2, -0.15) is 0 Å². The van der Waals surface area contributed by atoms with Crippen LogP contribution in [0.1, 0.15) is 15.9 Å². The highest BCUT2D eigenvalue weighted by Crippen LogP contribution is 2.22. The molecule has 0 bridgehead atoms. The van der Waals surface area contributed by atoms with Crippen LogP contribution >= 0.6 is 0 Å². The molecule has 0 spiro atoms. The van der Waals surface area contributed by atoms with Crippen molar-refractivity contribution >= 4 is 32.7 Å². The van der Waals surface area contributed by atoms with Gasteiger partial charge in [0.1, 0.15) is 0 Å². The second kappa shape index (κ2) is 9.94. The third-order valence-electron chi connectivity index (χ3n) is 5.29. The van der Waals surface area contributed by atoms with Gasteiger partial charge in [-0.1, -0.05) is 42.5 Å². The molecular formula is C24H25N5O4S. The molecule has 176 valence electrons. The smallest absolute Gasteiger partial charge is 0.323 e. The first kappa shape index (κ1) is 23.3. The van der Waals surface area contributed by atoms with E-state index in [0.29, 0.717) is 24.1 Å². The molecular weight excluding hydrogens is 454 g/mol. The van der Waals surface area contributed by atoms with E-state index in [1.165, 1.54) is 29.8 Å². The first-order valence-electron chi connectivity index (χ1n) is 10.7. The summed E-state index contributed by atoms with van der Waals surface area (Å²) in [6.45, 7) is 1.79. The molecule has 10 heteroatoms. The molecule has 1 amide bonds. The van der Waals surface area contributed by atoms with Crippen molar-refractivity contribution < 1.29 is 13.2 Å². The van der Waals surface area contributed by atoms with E-state index in [0.717, 1.165) is 6.54 Å². The van der Waals surface area contributed by atoms with Crippen LogP contribution in [0.2, 0.25) is 0 Å². The van der Waals surface area contributed by atoms with Gasteiger partial charge < -0.3 is 20.2 Å². The van der Waals surface area contributed by atoms with Gasteiger partial charge in [0, 0.05) is 19.6 Å². The zero-order valence-electron chi connectivity index (χ0n) is 18.5. The SMILES string of the molecule is CN(CCNC(=O)c1ccccc1NS(=O)(=O)c1ccc2[nH]c(=O)[nH]c2c1)Cc1ccccc1. The number of benzene rings is 3. The second-order valence-electron chi connectivity index (χ2n) is 7.92. The van der Waals surface area contributed by atoms with Crippen molar-refractivity contribution in [3.63, 3.8) is 0 Å². The number of anilines is 1. The zero-order valence-corrected chi connectivity index (χ0v) is 19.4. The fraction of sp³-hybridized carbons (Fsp3) is 0.167. The minimum absolute atomic E-state index is 0.0343. The van der Waals surface area contributed by atoms with Crippen LogP contribution in [-0.4, -0.2) is 49.3 Å². The monoisotopic (exact) mass is 479 g/mol. The Morgan fingerprint density at radius 1 is 0.941 bits per heavy atom. The molecule has 0 saturated carbocycles. The Morgan fingerprint density at radius 3 is 2.44 bits per heavy atom. The van der Waals surface area contributed by atoms with Crippen molar-refractivity contribution in [3.05, 3.63) is 94.4 Å².